The molecule has 1 fully saturated rings. The van der Waals surface area contributed by atoms with Gasteiger partial charge in [-0.2, -0.15) is 0 Å². The second-order valence-electron chi connectivity index (χ2n) is 5.68. The summed E-state index contributed by atoms with van der Waals surface area (Å²) in [7, 11) is 4.09. The van der Waals surface area contributed by atoms with Crippen molar-refractivity contribution in [3.8, 4) is 0 Å². The van der Waals surface area contributed by atoms with E-state index in [1.54, 1.807) is 0 Å². The van der Waals surface area contributed by atoms with Crippen molar-refractivity contribution in [2.45, 2.75) is 58.0 Å². The predicted octanol–water partition coefficient (Wildman–Crippen LogP) is 2.30. The Labute approximate surface area is 112 Å². The number of carbonyl (C=O) groups excluding carboxylic acids is 1. The van der Waals surface area contributed by atoms with Crippen LogP contribution in [0, 0.1) is 0 Å². The SMILES string of the molecule is CCN(C(=O)NC1CCCCC1)C(C)CN(C)C. The monoisotopic (exact) mass is 255 g/mol. The molecule has 0 bridgehead atoms. The van der Waals surface area contributed by atoms with Crippen LogP contribution in [0.2, 0.25) is 0 Å². The third kappa shape index (κ3) is 4.84. The van der Waals surface area contributed by atoms with E-state index in [1.807, 2.05) is 25.9 Å². The third-order valence-corrected chi connectivity index (χ3v) is 3.70. The fraction of sp³-hybridized carbons (Fsp3) is 0.929. The second-order valence-corrected chi connectivity index (χ2v) is 5.68. The van der Waals surface area contributed by atoms with Gasteiger partial charge in [0, 0.05) is 25.2 Å². The first-order valence-electron chi connectivity index (χ1n) is 7.26. The number of rotatable bonds is 5. The summed E-state index contributed by atoms with van der Waals surface area (Å²) in [5.74, 6) is 0. The van der Waals surface area contributed by atoms with E-state index in [4.69, 9.17) is 0 Å². The summed E-state index contributed by atoms with van der Waals surface area (Å²) in [6.45, 7) is 5.84. The number of carbonyl (C=O) groups is 1. The van der Waals surface area contributed by atoms with Gasteiger partial charge >= 0.3 is 6.03 Å². The molecule has 0 aromatic carbocycles. The topological polar surface area (TPSA) is 35.6 Å². The predicted molar refractivity (Wildman–Crippen MR) is 75.8 cm³/mol. The van der Waals surface area contributed by atoms with E-state index < -0.39 is 0 Å². The Kier molecular flexibility index (Phi) is 6.47. The first-order valence-corrected chi connectivity index (χ1v) is 7.26. The molecule has 0 spiro atoms. The molecule has 1 aliphatic rings. The van der Waals surface area contributed by atoms with E-state index in [0.717, 1.165) is 25.9 Å². The first kappa shape index (κ1) is 15.3. The summed E-state index contributed by atoms with van der Waals surface area (Å²) in [6, 6.07) is 0.763. The molecule has 1 aliphatic carbocycles. The molecule has 1 N–H and O–H groups in total. The van der Waals surface area contributed by atoms with Crippen LogP contribution in [0.5, 0.6) is 0 Å². The molecule has 2 amide bonds. The van der Waals surface area contributed by atoms with Gasteiger partial charge in [0.15, 0.2) is 0 Å². The average Bonchev–Trinajstić information content (AvgIpc) is 2.30. The van der Waals surface area contributed by atoms with Crippen LogP contribution in [0.25, 0.3) is 0 Å². The molecule has 1 saturated carbocycles. The van der Waals surface area contributed by atoms with Gasteiger partial charge in [0.05, 0.1) is 0 Å². The fourth-order valence-electron chi connectivity index (χ4n) is 2.79. The van der Waals surface area contributed by atoms with Crippen LogP contribution >= 0.6 is 0 Å². The van der Waals surface area contributed by atoms with Crippen molar-refractivity contribution in [2.24, 2.45) is 0 Å². The van der Waals surface area contributed by atoms with E-state index in [2.05, 4.69) is 17.1 Å². The van der Waals surface area contributed by atoms with Gasteiger partial charge in [-0.25, -0.2) is 4.79 Å². The van der Waals surface area contributed by atoms with Gasteiger partial charge in [-0.15, -0.1) is 0 Å². The normalized spacial score (nSPS) is 18.7. The molecule has 4 heteroatoms. The molecule has 1 unspecified atom stereocenters. The van der Waals surface area contributed by atoms with Gasteiger partial charge in [-0.3, -0.25) is 0 Å². The van der Waals surface area contributed by atoms with Gasteiger partial charge in [0.2, 0.25) is 0 Å². The highest BCUT2D eigenvalue weighted by Crippen LogP contribution is 2.17. The number of urea groups is 1. The summed E-state index contributed by atoms with van der Waals surface area (Å²) in [5.41, 5.74) is 0. The van der Waals surface area contributed by atoms with Crippen molar-refractivity contribution >= 4 is 6.03 Å². The molecule has 0 saturated heterocycles. The van der Waals surface area contributed by atoms with E-state index >= 15 is 0 Å². The van der Waals surface area contributed by atoms with Crippen LogP contribution in [-0.4, -0.2) is 55.1 Å². The summed E-state index contributed by atoms with van der Waals surface area (Å²) in [6.07, 6.45) is 6.12. The van der Waals surface area contributed by atoms with E-state index in [-0.39, 0.29) is 12.1 Å². The number of likely N-dealkylation sites (N-methyl/N-ethyl adjacent to an activating group) is 2. The highest BCUT2D eigenvalue weighted by atomic mass is 16.2. The molecule has 1 atom stereocenters. The van der Waals surface area contributed by atoms with Gasteiger partial charge in [-0.05, 0) is 40.8 Å². The highest BCUT2D eigenvalue weighted by Gasteiger charge is 2.22. The van der Waals surface area contributed by atoms with E-state index in [0.29, 0.717) is 6.04 Å². The molecule has 0 aliphatic heterocycles. The number of hydrogen-bond acceptors (Lipinski definition) is 2. The number of nitrogens with one attached hydrogen (secondary N) is 1. The molecule has 0 radical (unpaired) electrons. The molecule has 0 aromatic heterocycles. The largest absolute Gasteiger partial charge is 0.335 e. The minimum Gasteiger partial charge on any atom is -0.335 e. The summed E-state index contributed by atoms with van der Waals surface area (Å²) in [5, 5.41) is 3.19. The molecular weight excluding hydrogens is 226 g/mol. The minimum atomic E-state index is 0.110. The number of amides is 2. The Balaban J connectivity index is 2.45. The molecule has 0 heterocycles. The van der Waals surface area contributed by atoms with Crippen LogP contribution in [0.4, 0.5) is 4.79 Å². The summed E-state index contributed by atoms with van der Waals surface area (Å²) >= 11 is 0. The van der Waals surface area contributed by atoms with Crippen LogP contribution in [0.1, 0.15) is 46.0 Å². The quantitative estimate of drug-likeness (QED) is 0.818. The minimum absolute atomic E-state index is 0.110. The zero-order valence-electron chi connectivity index (χ0n) is 12.4. The highest BCUT2D eigenvalue weighted by molar-refractivity contribution is 5.74. The van der Waals surface area contributed by atoms with Gasteiger partial charge < -0.3 is 15.1 Å². The van der Waals surface area contributed by atoms with Crippen molar-refractivity contribution in [1.29, 1.82) is 0 Å². The summed E-state index contributed by atoms with van der Waals surface area (Å²) < 4.78 is 0. The number of hydrogen-bond donors (Lipinski definition) is 1. The number of nitrogens with zero attached hydrogens (tertiary/aromatic N) is 2. The van der Waals surface area contributed by atoms with Crippen molar-refractivity contribution in [2.75, 3.05) is 27.2 Å². The lowest BCUT2D eigenvalue weighted by molar-refractivity contribution is 0.163. The Morgan fingerprint density at radius 3 is 2.39 bits per heavy atom. The fourth-order valence-corrected chi connectivity index (χ4v) is 2.79. The van der Waals surface area contributed by atoms with Crippen LogP contribution in [-0.2, 0) is 0 Å². The zero-order valence-corrected chi connectivity index (χ0v) is 12.4. The Bertz CT molecular complexity index is 249. The van der Waals surface area contributed by atoms with Crippen LogP contribution in [0.3, 0.4) is 0 Å². The molecule has 4 nitrogen and oxygen atoms in total. The summed E-state index contributed by atoms with van der Waals surface area (Å²) in [4.78, 5) is 16.3. The molecule has 18 heavy (non-hydrogen) atoms. The maximum absolute atomic E-state index is 12.3. The van der Waals surface area contributed by atoms with E-state index in [1.165, 1.54) is 19.3 Å². The van der Waals surface area contributed by atoms with Gasteiger partial charge in [-0.1, -0.05) is 19.3 Å². The first-order chi connectivity index (χ1) is 8.54. The zero-order chi connectivity index (χ0) is 13.5. The lowest BCUT2D eigenvalue weighted by Gasteiger charge is -2.32. The Hall–Kier alpha value is -0.770. The maximum Gasteiger partial charge on any atom is 0.317 e. The average molecular weight is 255 g/mol. The third-order valence-electron chi connectivity index (χ3n) is 3.70. The molecular formula is C14H29N3O. The van der Waals surface area contributed by atoms with Crippen molar-refractivity contribution in [3.63, 3.8) is 0 Å². The Morgan fingerprint density at radius 2 is 1.89 bits per heavy atom. The second kappa shape index (κ2) is 7.62. The lowest BCUT2D eigenvalue weighted by Crippen LogP contribution is -2.51. The van der Waals surface area contributed by atoms with E-state index in [9.17, 15) is 4.79 Å². The smallest absolute Gasteiger partial charge is 0.317 e. The Morgan fingerprint density at radius 1 is 1.28 bits per heavy atom. The lowest BCUT2D eigenvalue weighted by atomic mass is 9.96. The maximum atomic E-state index is 12.3. The molecule has 0 aromatic rings. The van der Waals surface area contributed by atoms with Crippen LogP contribution in [0.15, 0.2) is 0 Å². The van der Waals surface area contributed by atoms with Gasteiger partial charge in [0.25, 0.3) is 0 Å². The standard InChI is InChI=1S/C14H29N3O/c1-5-17(12(2)11-16(3)4)14(18)15-13-9-7-6-8-10-13/h12-13H,5-11H2,1-4H3,(H,15,18). The van der Waals surface area contributed by atoms with Crippen molar-refractivity contribution in [1.82, 2.24) is 15.1 Å². The van der Waals surface area contributed by atoms with Crippen molar-refractivity contribution in [3.05, 3.63) is 0 Å². The van der Waals surface area contributed by atoms with Crippen LogP contribution < -0.4 is 5.32 Å². The van der Waals surface area contributed by atoms with Gasteiger partial charge in [0.1, 0.15) is 0 Å². The molecule has 1 rings (SSSR count). The van der Waals surface area contributed by atoms with Crippen molar-refractivity contribution < 1.29 is 4.79 Å². The molecule has 106 valence electrons.